The van der Waals surface area contributed by atoms with E-state index in [4.69, 9.17) is 5.73 Å². The highest BCUT2D eigenvalue weighted by atomic mass is 32.2. The third kappa shape index (κ3) is 2.54. The summed E-state index contributed by atoms with van der Waals surface area (Å²) in [5, 5.41) is 10.6. The van der Waals surface area contributed by atoms with Crippen molar-refractivity contribution in [3.8, 4) is 0 Å². The molecular formula is C11H15N3O4S. The van der Waals surface area contributed by atoms with E-state index in [9.17, 15) is 18.5 Å². The first-order valence-electron chi connectivity index (χ1n) is 5.86. The van der Waals surface area contributed by atoms with Gasteiger partial charge < -0.3 is 5.73 Å². The van der Waals surface area contributed by atoms with Gasteiger partial charge in [0, 0.05) is 25.2 Å². The number of nitro benzene ring substituents is 1. The summed E-state index contributed by atoms with van der Waals surface area (Å²) >= 11 is 0. The van der Waals surface area contributed by atoms with Crippen LogP contribution in [0, 0.1) is 16.0 Å². The van der Waals surface area contributed by atoms with Gasteiger partial charge in [0.1, 0.15) is 4.90 Å². The van der Waals surface area contributed by atoms with Crippen LogP contribution in [0.2, 0.25) is 0 Å². The van der Waals surface area contributed by atoms with Gasteiger partial charge in [-0.05, 0) is 18.4 Å². The Morgan fingerprint density at radius 2 is 2.16 bits per heavy atom. The highest BCUT2D eigenvalue weighted by molar-refractivity contribution is 7.89. The average molecular weight is 285 g/mol. The lowest BCUT2D eigenvalue weighted by Crippen LogP contribution is -2.29. The number of non-ortho nitro benzene ring substituents is 1. The zero-order chi connectivity index (χ0) is 14.2. The largest absolute Gasteiger partial charge is 0.397 e. The van der Waals surface area contributed by atoms with Crippen LogP contribution >= 0.6 is 0 Å². The number of nitrogen functional groups attached to an aromatic ring is 1. The molecule has 0 spiro atoms. The van der Waals surface area contributed by atoms with E-state index in [0.717, 1.165) is 18.6 Å². The number of anilines is 1. The Balaban J connectivity index is 2.38. The van der Waals surface area contributed by atoms with Gasteiger partial charge in [-0.15, -0.1) is 0 Å². The van der Waals surface area contributed by atoms with Crippen LogP contribution in [0.5, 0.6) is 0 Å². The van der Waals surface area contributed by atoms with Gasteiger partial charge in [0.2, 0.25) is 10.0 Å². The Kier molecular flexibility index (Phi) is 3.46. The second kappa shape index (κ2) is 4.78. The molecular weight excluding hydrogens is 270 g/mol. The summed E-state index contributed by atoms with van der Waals surface area (Å²) in [4.78, 5) is 9.93. The van der Waals surface area contributed by atoms with Crippen molar-refractivity contribution in [1.82, 2.24) is 4.31 Å². The molecule has 8 heteroatoms. The van der Waals surface area contributed by atoms with Crippen molar-refractivity contribution in [2.45, 2.75) is 18.2 Å². The van der Waals surface area contributed by atoms with Crippen LogP contribution < -0.4 is 5.73 Å². The smallest absolute Gasteiger partial charge is 0.271 e. The molecule has 1 aliphatic heterocycles. The number of nitrogens with two attached hydrogens (primary N) is 1. The first kappa shape index (κ1) is 13.8. The van der Waals surface area contributed by atoms with Crippen LogP contribution in [-0.2, 0) is 10.0 Å². The molecule has 1 aromatic rings. The number of hydrogen-bond acceptors (Lipinski definition) is 5. The summed E-state index contributed by atoms with van der Waals surface area (Å²) in [5.41, 5.74) is 5.33. The fourth-order valence-electron chi connectivity index (χ4n) is 2.14. The molecule has 0 radical (unpaired) electrons. The third-order valence-electron chi connectivity index (χ3n) is 3.21. The number of benzene rings is 1. The van der Waals surface area contributed by atoms with E-state index in [-0.39, 0.29) is 16.3 Å². The first-order valence-corrected chi connectivity index (χ1v) is 7.30. The molecule has 0 aromatic heterocycles. The number of nitro groups is 1. The monoisotopic (exact) mass is 285 g/mol. The van der Waals surface area contributed by atoms with Gasteiger partial charge in [0.05, 0.1) is 10.6 Å². The van der Waals surface area contributed by atoms with Crippen LogP contribution in [0.3, 0.4) is 0 Å². The minimum atomic E-state index is -3.66. The highest BCUT2D eigenvalue weighted by Crippen LogP contribution is 2.29. The number of hydrogen-bond donors (Lipinski definition) is 1. The van der Waals surface area contributed by atoms with Gasteiger partial charge in [-0.3, -0.25) is 10.1 Å². The second-order valence-corrected chi connectivity index (χ2v) is 6.64. The molecule has 1 unspecified atom stereocenters. The summed E-state index contributed by atoms with van der Waals surface area (Å²) in [6.45, 7) is 2.90. The summed E-state index contributed by atoms with van der Waals surface area (Å²) in [5.74, 6) is 0.314. The number of nitrogens with zero attached hydrogens (tertiary/aromatic N) is 2. The first-order chi connectivity index (χ1) is 8.82. The van der Waals surface area contributed by atoms with Gasteiger partial charge in [-0.25, -0.2) is 8.42 Å². The molecule has 1 aromatic carbocycles. The predicted octanol–water partition coefficient (Wildman–Crippen LogP) is 1.21. The van der Waals surface area contributed by atoms with Gasteiger partial charge in [-0.1, -0.05) is 6.92 Å². The maximum Gasteiger partial charge on any atom is 0.271 e. The fourth-order valence-corrected chi connectivity index (χ4v) is 3.81. The van der Waals surface area contributed by atoms with Gasteiger partial charge in [0.15, 0.2) is 0 Å². The lowest BCUT2D eigenvalue weighted by Gasteiger charge is -2.17. The molecule has 7 nitrogen and oxygen atoms in total. The van der Waals surface area contributed by atoms with Crippen molar-refractivity contribution in [3.05, 3.63) is 28.3 Å². The summed E-state index contributed by atoms with van der Waals surface area (Å²) in [7, 11) is -3.66. The second-order valence-electron chi connectivity index (χ2n) is 4.74. The van der Waals surface area contributed by atoms with Crippen LogP contribution in [0.1, 0.15) is 13.3 Å². The molecule has 1 atom stereocenters. The standard InChI is InChI=1S/C11H15N3O4S/c1-8-4-5-13(7-8)19(17,18)11-3-2-9(14(15)16)6-10(11)12/h2-3,6,8H,4-5,7,12H2,1H3. The van der Waals surface area contributed by atoms with Crippen molar-refractivity contribution in [1.29, 1.82) is 0 Å². The highest BCUT2D eigenvalue weighted by Gasteiger charge is 2.32. The Morgan fingerprint density at radius 1 is 1.47 bits per heavy atom. The normalized spacial score (nSPS) is 20.6. The number of sulfonamides is 1. The van der Waals surface area contributed by atoms with E-state index < -0.39 is 14.9 Å². The van der Waals surface area contributed by atoms with Gasteiger partial charge >= 0.3 is 0 Å². The van der Waals surface area contributed by atoms with Gasteiger partial charge in [0.25, 0.3) is 5.69 Å². The molecule has 104 valence electrons. The molecule has 0 saturated carbocycles. The van der Waals surface area contributed by atoms with Crippen molar-refractivity contribution < 1.29 is 13.3 Å². The van der Waals surface area contributed by atoms with E-state index in [1.165, 1.54) is 10.4 Å². The summed E-state index contributed by atoms with van der Waals surface area (Å²) in [6, 6.07) is 3.43. The number of rotatable bonds is 3. The summed E-state index contributed by atoms with van der Waals surface area (Å²) in [6.07, 6.45) is 0.812. The van der Waals surface area contributed by atoms with E-state index in [0.29, 0.717) is 19.0 Å². The minimum Gasteiger partial charge on any atom is -0.397 e. The van der Waals surface area contributed by atoms with Crippen LogP contribution in [0.25, 0.3) is 0 Å². The maximum absolute atomic E-state index is 12.4. The predicted molar refractivity (Wildman–Crippen MR) is 70.0 cm³/mol. The molecule has 1 aliphatic rings. The zero-order valence-corrected chi connectivity index (χ0v) is 11.3. The van der Waals surface area contributed by atoms with Crippen LogP contribution in [-0.4, -0.2) is 30.7 Å². The van der Waals surface area contributed by atoms with Gasteiger partial charge in [-0.2, -0.15) is 4.31 Å². The average Bonchev–Trinajstić information content (AvgIpc) is 2.76. The minimum absolute atomic E-state index is 0.0628. The quantitative estimate of drug-likeness (QED) is 0.510. The van der Waals surface area contributed by atoms with Crippen molar-refractivity contribution in [2.24, 2.45) is 5.92 Å². The van der Waals surface area contributed by atoms with E-state index in [2.05, 4.69) is 0 Å². The SMILES string of the molecule is CC1CCN(S(=O)(=O)c2ccc([N+](=O)[O-])cc2N)C1. The van der Waals surface area contributed by atoms with Crippen LogP contribution in [0.15, 0.2) is 23.1 Å². The molecule has 0 amide bonds. The van der Waals surface area contributed by atoms with Crippen molar-refractivity contribution >= 4 is 21.4 Å². The molecule has 0 bridgehead atoms. The van der Waals surface area contributed by atoms with Crippen LogP contribution in [0.4, 0.5) is 11.4 Å². The molecule has 2 rings (SSSR count). The Hall–Kier alpha value is -1.67. The molecule has 19 heavy (non-hydrogen) atoms. The molecule has 1 heterocycles. The maximum atomic E-state index is 12.4. The topological polar surface area (TPSA) is 107 Å². The third-order valence-corrected chi connectivity index (χ3v) is 5.15. The lowest BCUT2D eigenvalue weighted by molar-refractivity contribution is -0.384. The molecule has 1 fully saturated rings. The van der Waals surface area contributed by atoms with Crippen molar-refractivity contribution in [3.63, 3.8) is 0 Å². The van der Waals surface area contributed by atoms with E-state index in [1.807, 2.05) is 6.92 Å². The fraction of sp³-hybridized carbons (Fsp3) is 0.455. The Morgan fingerprint density at radius 3 is 2.63 bits per heavy atom. The lowest BCUT2D eigenvalue weighted by atomic mass is 10.2. The Labute approximate surface area is 111 Å². The van der Waals surface area contributed by atoms with Crippen molar-refractivity contribution in [2.75, 3.05) is 18.8 Å². The summed E-state index contributed by atoms with van der Waals surface area (Å²) < 4.78 is 26.1. The van der Waals surface area contributed by atoms with E-state index >= 15 is 0 Å². The van der Waals surface area contributed by atoms with E-state index in [1.54, 1.807) is 0 Å². The molecule has 0 aliphatic carbocycles. The zero-order valence-electron chi connectivity index (χ0n) is 10.4. The molecule has 2 N–H and O–H groups in total. The Bertz CT molecular complexity index is 614. The molecule has 1 saturated heterocycles.